The molecular formula is C31H34N3O4. The van der Waals surface area contributed by atoms with Crippen LogP contribution in [0.5, 0.6) is 11.5 Å². The molecule has 0 bridgehead atoms. The minimum atomic E-state index is -0.515. The third kappa shape index (κ3) is 4.52. The first kappa shape index (κ1) is 25.8. The maximum absolute atomic E-state index is 13.9. The fourth-order valence-corrected chi connectivity index (χ4v) is 5.63. The Morgan fingerprint density at radius 3 is 2.18 bits per heavy atom. The molecule has 38 heavy (non-hydrogen) atoms. The average Bonchev–Trinajstić information content (AvgIpc) is 3.23. The maximum Gasteiger partial charge on any atom is 0.264 e. The number of carbonyl (C=O) groups excluding carboxylic acids is 2. The summed E-state index contributed by atoms with van der Waals surface area (Å²) in [5.41, 5.74) is 3.84. The quantitative estimate of drug-likeness (QED) is 0.389. The first-order valence-corrected chi connectivity index (χ1v) is 13.0. The van der Waals surface area contributed by atoms with E-state index < -0.39 is 6.04 Å². The zero-order chi connectivity index (χ0) is 26.8. The first-order valence-electron chi connectivity index (χ1n) is 13.0. The molecule has 3 aromatic carbocycles. The van der Waals surface area contributed by atoms with E-state index in [1.54, 1.807) is 26.4 Å². The molecule has 0 aromatic heterocycles. The van der Waals surface area contributed by atoms with Crippen LogP contribution in [0.2, 0.25) is 0 Å². The molecule has 2 aliphatic heterocycles. The molecule has 1 radical (unpaired) electrons. The Balaban J connectivity index is 1.38. The smallest absolute Gasteiger partial charge is 0.264 e. The SMILES string of the molecule is [CH2]C[C@H](c1ccc(OC)c(OC)c1)N1C(=O)c2cccc(N3CCN(C(C)c4ccccc4)CC3)c2C1=O. The second-order valence-electron chi connectivity index (χ2n) is 9.71. The molecule has 7 heteroatoms. The molecule has 0 spiro atoms. The van der Waals surface area contributed by atoms with Gasteiger partial charge in [0.05, 0.1) is 37.1 Å². The third-order valence-electron chi connectivity index (χ3n) is 7.79. The molecule has 2 aliphatic rings. The number of carbonyl (C=O) groups is 2. The number of hydrogen-bond donors (Lipinski definition) is 0. The van der Waals surface area contributed by atoms with Gasteiger partial charge in [-0.2, -0.15) is 0 Å². The van der Waals surface area contributed by atoms with Gasteiger partial charge in [0.1, 0.15) is 0 Å². The highest BCUT2D eigenvalue weighted by Crippen LogP contribution is 2.40. The summed E-state index contributed by atoms with van der Waals surface area (Å²) in [6, 6.07) is 21.4. The summed E-state index contributed by atoms with van der Waals surface area (Å²) < 4.78 is 10.8. The van der Waals surface area contributed by atoms with Crippen LogP contribution < -0.4 is 14.4 Å². The van der Waals surface area contributed by atoms with Crippen molar-refractivity contribution in [2.75, 3.05) is 45.3 Å². The van der Waals surface area contributed by atoms with Crippen LogP contribution in [0.15, 0.2) is 66.7 Å². The Morgan fingerprint density at radius 2 is 1.53 bits per heavy atom. The van der Waals surface area contributed by atoms with Crippen molar-refractivity contribution in [1.29, 1.82) is 0 Å². The van der Waals surface area contributed by atoms with Gasteiger partial charge in [-0.25, -0.2) is 0 Å². The normalized spacial score (nSPS) is 17.4. The molecule has 1 fully saturated rings. The molecule has 0 aliphatic carbocycles. The van der Waals surface area contributed by atoms with E-state index in [1.165, 1.54) is 10.5 Å². The number of benzene rings is 3. The fraction of sp³-hybridized carbons (Fsp3) is 0.323. The standard InChI is InChI=1S/C31H34N3O4/c1-5-25(23-14-15-27(37-3)28(20-23)38-4)34-30(35)24-12-9-13-26(29(24)31(34)36)33-18-16-32(17-19-33)21(2)22-10-7-6-8-11-22/h6-15,20-21,25H,1,5,16-19H2,2-4H3/t21?,25-/m1/s1. The Hall–Kier alpha value is -3.84. The van der Waals surface area contributed by atoms with Gasteiger partial charge >= 0.3 is 0 Å². The predicted molar refractivity (Wildman–Crippen MR) is 148 cm³/mol. The van der Waals surface area contributed by atoms with Crippen molar-refractivity contribution in [1.82, 2.24) is 9.80 Å². The van der Waals surface area contributed by atoms with Crippen molar-refractivity contribution in [3.05, 3.63) is 95.9 Å². The first-order chi connectivity index (χ1) is 18.5. The lowest BCUT2D eigenvalue weighted by Gasteiger charge is -2.39. The van der Waals surface area contributed by atoms with E-state index >= 15 is 0 Å². The van der Waals surface area contributed by atoms with Crippen LogP contribution in [0, 0.1) is 6.92 Å². The van der Waals surface area contributed by atoms with E-state index in [4.69, 9.17) is 9.47 Å². The van der Waals surface area contributed by atoms with Crippen molar-refractivity contribution < 1.29 is 19.1 Å². The topological polar surface area (TPSA) is 62.3 Å². The van der Waals surface area contributed by atoms with E-state index in [0.29, 0.717) is 35.1 Å². The summed E-state index contributed by atoms with van der Waals surface area (Å²) in [4.78, 5) is 33.5. The minimum Gasteiger partial charge on any atom is -0.493 e. The van der Waals surface area contributed by atoms with Gasteiger partial charge in [-0.1, -0.05) is 49.4 Å². The van der Waals surface area contributed by atoms with E-state index in [-0.39, 0.29) is 11.8 Å². The second-order valence-corrected chi connectivity index (χ2v) is 9.71. The van der Waals surface area contributed by atoms with Crippen molar-refractivity contribution >= 4 is 17.5 Å². The summed E-state index contributed by atoms with van der Waals surface area (Å²) in [7, 11) is 3.14. The number of anilines is 1. The van der Waals surface area contributed by atoms with Gasteiger partial charge in [-0.05, 0) is 48.7 Å². The van der Waals surface area contributed by atoms with Gasteiger partial charge in [-0.3, -0.25) is 19.4 Å². The number of ether oxygens (including phenoxy) is 2. The van der Waals surface area contributed by atoms with Gasteiger partial charge in [0.25, 0.3) is 11.8 Å². The Kier molecular flexibility index (Phi) is 7.38. The van der Waals surface area contributed by atoms with Crippen LogP contribution >= 0.6 is 0 Å². The largest absolute Gasteiger partial charge is 0.493 e. The highest BCUT2D eigenvalue weighted by atomic mass is 16.5. The van der Waals surface area contributed by atoms with E-state index in [0.717, 1.165) is 37.4 Å². The molecule has 5 rings (SSSR count). The molecule has 7 nitrogen and oxygen atoms in total. The van der Waals surface area contributed by atoms with Crippen LogP contribution in [0.4, 0.5) is 5.69 Å². The average molecular weight is 513 g/mol. The number of imide groups is 1. The molecule has 2 amide bonds. The maximum atomic E-state index is 13.9. The molecule has 2 atom stereocenters. The number of rotatable bonds is 8. The van der Waals surface area contributed by atoms with Gasteiger partial charge in [0.2, 0.25) is 0 Å². The monoisotopic (exact) mass is 512 g/mol. The van der Waals surface area contributed by atoms with Crippen LogP contribution in [-0.2, 0) is 0 Å². The molecule has 3 aromatic rings. The molecule has 0 N–H and O–H groups in total. The zero-order valence-corrected chi connectivity index (χ0v) is 22.2. The number of nitrogens with zero attached hydrogens (tertiary/aromatic N) is 3. The zero-order valence-electron chi connectivity index (χ0n) is 22.2. The highest BCUT2D eigenvalue weighted by molar-refractivity contribution is 6.24. The van der Waals surface area contributed by atoms with Crippen molar-refractivity contribution in [3.63, 3.8) is 0 Å². The number of fused-ring (bicyclic) bond motifs is 1. The van der Waals surface area contributed by atoms with Gasteiger partial charge in [0.15, 0.2) is 11.5 Å². The number of methoxy groups -OCH3 is 2. The van der Waals surface area contributed by atoms with Gasteiger partial charge in [0, 0.05) is 32.2 Å². The summed E-state index contributed by atoms with van der Waals surface area (Å²) in [6.45, 7) is 9.61. The highest BCUT2D eigenvalue weighted by Gasteiger charge is 2.42. The number of amides is 2. The summed E-state index contributed by atoms with van der Waals surface area (Å²) in [6.07, 6.45) is 0.340. The van der Waals surface area contributed by atoms with Crippen LogP contribution in [0.1, 0.15) is 57.3 Å². The third-order valence-corrected chi connectivity index (χ3v) is 7.79. The van der Waals surface area contributed by atoms with E-state index in [9.17, 15) is 9.59 Å². The fourth-order valence-electron chi connectivity index (χ4n) is 5.63. The van der Waals surface area contributed by atoms with Crippen LogP contribution in [0.3, 0.4) is 0 Å². The van der Waals surface area contributed by atoms with E-state index in [2.05, 4.69) is 47.9 Å². The van der Waals surface area contributed by atoms with Gasteiger partial charge in [-0.15, -0.1) is 0 Å². The molecule has 0 saturated carbocycles. The minimum absolute atomic E-state index is 0.274. The molecule has 1 unspecified atom stereocenters. The van der Waals surface area contributed by atoms with E-state index in [1.807, 2.05) is 30.3 Å². The van der Waals surface area contributed by atoms with Crippen LogP contribution in [-0.4, -0.2) is 62.0 Å². The molecule has 1 saturated heterocycles. The lowest BCUT2D eigenvalue weighted by molar-refractivity contribution is 0.0582. The Bertz CT molecular complexity index is 1320. The number of piperazine rings is 1. The molecule has 2 heterocycles. The molecule has 197 valence electrons. The summed E-state index contributed by atoms with van der Waals surface area (Å²) in [5, 5.41) is 0. The van der Waals surface area contributed by atoms with Crippen molar-refractivity contribution in [3.8, 4) is 11.5 Å². The Morgan fingerprint density at radius 1 is 0.816 bits per heavy atom. The van der Waals surface area contributed by atoms with Crippen molar-refractivity contribution in [2.24, 2.45) is 0 Å². The van der Waals surface area contributed by atoms with Crippen molar-refractivity contribution in [2.45, 2.75) is 25.4 Å². The molecular weight excluding hydrogens is 478 g/mol. The van der Waals surface area contributed by atoms with Crippen LogP contribution in [0.25, 0.3) is 0 Å². The second kappa shape index (κ2) is 10.9. The van der Waals surface area contributed by atoms with Gasteiger partial charge < -0.3 is 14.4 Å². The summed E-state index contributed by atoms with van der Waals surface area (Å²) in [5.74, 6) is 0.573. The lowest BCUT2D eigenvalue weighted by Crippen LogP contribution is -2.47. The lowest BCUT2D eigenvalue weighted by atomic mass is 10.0. The predicted octanol–water partition coefficient (Wildman–Crippen LogP) is 5.15. The number of hydrogen-bond acceptors (Lipinski definition) is 6. The summed E-state index contributed by atoms with van der Waals surface area (Å²) >= 11 is 0. The Labute approximate surface area is 224 Å².